The van der Waals surface area contributed by atoms with E-state index in [1.54, 1.807) is 0 Å². The number of rotatable bonds is 1. The molecule has 17 heavy (non-hydrogen) atoms. The van der Waals surface area contributed by atoms with Crippen LogP contribution in [0.3, 0.4) is 0 Å². The van der Waals surface area contributed by atoms with E-state index in [1.807, 2.05) is 6.07 Å². The minimum absolute atomic E-state index is 0.0319. The second-order valence-electron chi connectivity index (χ2n) is 4.82. The molecule has 1 fully saturated rings. The Kier molecular flexibility index (Phi) is 2.42. The van der Waals surface area contributed by atoms with E-state index in [0.29, 0.717) is 12.0 Å². The Bertz CT molecular complexity index is 447. The number of hydrogen-bond acceptors (Lipinski definition) is 3. The number of hydrogen-bond donors (Lipinski definition) is 2. The first kappa shape index (κ1) is 10.4. The van der Waals surface area contributed by atoms with Crippen LogP contribution in [0.5, 0.6) is 0 Å². The van der Waals surface area contributed by atoms with Crippen molar-refractivity contribution >= 4 is 11.8 Å². The summed E-state index contributed by atoms with van der Waals surface area (Å²) in [6, 6.07) is 8.79. The zero-order valence-electron chi connectivity index (χ0n) is 9.56. The zero-order valence-corrected chi connectivity index (χ0v) is 9.56. The maximum atomic E-state index is 10.8. The molecule has 1 aliphatic heterocycles. The lowest BCUT2D eigenvalue weighted by molar-refractivity contribution is 0.0763. The molecule has 90 valence electrons. The minimum atomic E-state index is -0.663. The standard InChI is InChI=1S/C13H16N2O2/c14-13(16)17-8-5-6-10-9-3-1-2-4-11(9)15-12(10)7-8/h1-4,8,10,12,15H,5-7H2,(H2,14,16)/t8?,10-,12-/m0/s1. The van der Waals surface area contributed by atoms with Gasteiger partial charge in [0.2, 0.25) is 0 Å². The summed E-state index contributed by atoms with van der Waals surface area (Å²) in [5.41, 5.74) is 7.69. The fourth-order valence-corrected chi connectivity index (χ4v) is 3.09. The Labute approximate surface area is 100 Å². The second-order valence-corrected chi connectivity index (χ2v) is 4.82. The molecular formula is C13H16N2O2. The van der Waals surface area contributed by atoms with Gasteiger partial charge in [0.05, 0.1) is 0 Å². The molecular weight excluding hydrogens is 216 g/mol. The van der Waals surface area contributed by atoms with E-state index in [4.69, 9.17) is 10.5 Å². The first-order valence-electron chi connectivity index (χ1n) is 6.05. The van der Waals surface area contributed by atoms with Crippen LogP contribution in [-0.4, -0.2) is 18.2 Å². The van der Waals surface area contributed by atoms with E-state index < -0.39 is 6.09 Å². The lowest BCUT2D eigenvalue weighted by Crippen LogP contribution is -2.35. The van der Waals surface area contributed by atoms with Gasteiger partial charge in [0.25, 0.3) is 0 Å². The number of benzene rings is 1. The third-order valence-corrected chi connectivity index (χ3v) is 3.79. The summed E-state index contributed by atoms with van der Waals surface area (Å²) in [4.78, 5) is 10.8. The molecule has 1 amide bonds. The van der Waals surface area contributed by atoms with Crippen molar-refractivity contribution in [3.8, 4) is 0 Å². The average Bonchev–Trinajstić information content (AvgIpc) is 2.65. The summed E-state index contributed by atoms with van der Waals surface area (Å²) in [6.45, 7) is 0. The van der Waals surface area contributed by atoms with Crippen molar-refractivity contribution in [3.63, 3.8) is 0 Å². The summed E-state index contributed by atoms with van der Waals surface area (Å²) in [5.74, 6) is 0.555. The van der Waals surface area contributed by atoms with Gasteiger partial charge in [-0.15, -0.1) is 0 Å². The van der Waals surface area contributed by atoms with E-state index in [1.165, 1.54) is 11.3 Å². The summed E-state index contributed by atoms with van der Waals surface area (Å²) in [7, 11) is 0. The van der Waals surface area contributed by atoms with Crippen molar-refractivity contribution in [2.75, 3.05) is 5.32 Å². The minimum Gasteiger partial charge on any atom is -0.446 e. The monoisotopic (exact) mass is 232 g/mol. The van der Waals surface area contributed by atoms with Crippen molar-refractivity contribution in [3.05, 3.63) is 29.8 Å². The summed E-state index contributed by atoms with van der Waals surface area (Å²) >= 11 is 0. The number of ether oxygens (including phenoxy) is 1. The van der Waals surface area contributed by atoms with Crippen LogP contribution in [0.1, 0.15) is 30.7 Å². The van der Waals surface area contributed by atoms with Gasteiger partial charge in [-0.25, -0.2) is 4.79 Å². The molecule has 0 aromatic heterocycles. The van der Waals surface area contributed by atoms with Gasteiger partial charge in [-0.05, 0) is 24.5 Å². The Morgan fingerprint density at radius 3 is 3.00 bits per heavy atom. The number of carbonyl (C=O) groups excluding carboxylic acids is 1. The van der Waals surface area contributed by atoms with Crippen LogP contribution < -0.4 is 11.1 Å². The fraction of sp³-hybridized carbons (Fsp3) is 0.462. The quantitative estimate of drug-likeness (QED) is 0.780. The molecule has 3 rings (SSSR count). The summed E-state index contributed by atoms with van der Waals surface area (Å²) in [6.07, 6.45) is 2.11. The Morgan fingerprint density at radius 1 is 1.35 bits per heavy atom. The van der Waals surface area contributed by atoms with Gasteiger partial charge in [-0.1, -0.05) is 18.2 Å². The fourth-order valence-electron chi connectivity index (χ4n) is 3.09. The van der Waals surface area contributed by atoms with Gasteiger partial charge < -0.3 is 15.8 Å². The van der Waals surface area contributed by atoms with E-state index in [0.717, 1.165) is 19.3 Å². The highest BCUT2D eigenvalue weighted by molar-refractivity contribution is 5.65. The number of amides is 1. The maximum absolute atomic E-state index is 10.8. The first-order chi connectivity index (χ1) is 8.24. The molecule has 1 aliphatic carbocycles. The zero-order chi connectivity index (χ0) is 11.8. The van der Waals surface area contributed by atoms with Crippen LogP contribution in [0.25, 0.3) is 0 Å². The van der Waals surface area contributed by atoms with Crippen LogP contribution in [0.2, 0.25) is 0 Å². The van der Waals surface area contributed by atoms with Crippen molar-refractivity contribution in [1.29, 1.82) is 0 Å². The third-order valence-electron chi connectivity index (χ3n) is 3.79. The van der Waals surface area contributed by atoms with Crippen molar-refractivity contribution in [2.24, 2.45) is 5.73 Å². The molecule has 1 aromatic carbocycles. The van der Waals surface area contributed by atoms with Gasteiger partial charge in [0.1, 0.15) is 6.10 Å². The molecule has 1 saturated carbocycles. The van der Waals surface area contributed by atoms with Gasteiger partial charge in [0.15, 0.2) is 0 Å². The molecule has 3 N–H and O–H groups in total. The lowest BCUT2D eigenvalue weighted by Gasteiger charge is -2.31. The lowest BCUT2D eigenvalue weighted by atomic mass is 9.81. The summed E-state index contributed by atoms with van der Waals surface area (Å²) in [5, 5.41) is 3.51. The van der Waals surface area contributed by atoms with Crippen molar-refractivity contribution < 1.29 is 9.53 Å². The Balaban J connectivity index is 1.75. The number of anilines is 1. The molecule has 3 atom stereocenters. The molecule has 0 bridgehead atoms. The number of para-hydroxylation sites is 1. The highest BCUT2D eigenvalue weighted by Gasteiger charge is 2.38. The molecule has 0 radical (unpaired) electrons. The number of nitrogens with one attached hydrogen (secondary N) is 1. The predicted molar refractivity (Wildman–Crippen MR) is 64.9 cm³/mol. The summed E-state index contributed by atoms with van der Waals surface area (Å²) < 4.78 is 5.10. The smallest absolute Gasteiger partial charge is 0.404 e. The number of nitrogens with two attached hydrogens (primary N) is 1. The van der Waals surface area contributed by atoms with Crippen LogP contribution in [0.15, 0.2) is 24.3 Å². The molecule has 0 saturated heterocycles. The van der Waals surface area contributed by atoms with Gasteiger partial charge in [-0.3, -0.25) is 0 Å². The maximum Gasteiger partial charge on any atom is 0.404 e. The van der Waals surface area contributed by atoms with Gasteiger partial charge in [-0.2, -0.15) is 0 Å². The van der Waals surface area contributed by atoms with E-state index >= 15 is 0 Å². The number of fused-ring (bicyclic) bond motifs is 3. The number of primary amides is 1. The highest BCUT2D eigenvalue weighted by Crippen LogP contribution is 2.44. The second kappa shape index (κ2) is 3.95. The largest absolute Gasteiger partial charge is 0.446 e. The molecule has 1 heterocycles. The molecule has 1 aromatic rings. The van der Waals surface area contributed by atoms with E-state index in [-0.39, 0.29) is 6.10 Å². The topological polar surface area (TPSA) is 64.4 Å². The SMILES string of the molecule is NC(=O)OC1CC[C@H]2c3ccccc3N[C@H]2C1. The first-order valence-corrected chi connectivity index (χ1v) is 6.05. The average molecular weight is 232 g/mol. The molecule has 4 nitrogen and oxygen atoms in total. The van der Waals surface area contributed by atoms with E-state index in [2.05, 4.69) is 23.5 Å². The molecule has 0 spiro atoms. The molecule has 4 heteroatoms. The van der Waals surface area contributed by atoms with Crippen LogP contribution in [0, 0.1) is 0 Å². The molecule has 1 unspecified atom stereocenters. The normalized spacial score (nSPS) is 30.0. The van der Waals surface area contributed by atoms with Crippen LogP contribution in [0.4, 0.5) is 10.5 Å². The number of carbonyl (C=O) groups is 1. The van der Waals surface area contributed by atoms with Gasteiger partial charge >= 0.3 is 6.09 Å². The Morgan fingerprint density at radius 2 is 2.18 bits per heavy atom. The van der Waals surface area contributed by atoms with Crippen LogP contribution >= 0.6 is 0 Å². The Hall–Kier alpha value is -1.71. The highest BCUT2D eigenvalue weighted by atomic mass is 16.6. The van der Waals surface area contributed by atoms with E-state index in [9.17, 15) is 4.79 Å². The third kappa shape index (κ3) is 1.84. The van der Waals surface area contributed by atoms with Crippen molar-refractivity contribution in [1.82, 2.24) is 0 Å². The predicted octanol–water partition coefficient (Wildman–Crippen LogP) is 2.21. The van der Waals surface area contributed by atoms with Crippen molar-refractivity contribution in [2.45, 2.75) is 37.3 Å². The molecule has 2 aliphatic rings. The van der Waals surface area contributed by atoms with Gasteiger partial charge in [0, 0.05) is 24.1 Å². The van der Waals surface area contributed by atoms with Crippen LogP contribution in [-0.2, 0) is 4.74 Å².